The number of likely N-dealkylation sites (tertiary alicyclic amines) is 1. The first-order chi connectivity index (χ1) is 17.7. The highest BCUT2D eigenvalue weighted by Gasteiger charge is 2.42. The van der Waals surface area contributed by atoms with Crippen LogP contribution in [0.25, 0.3) is 0 Å². The van der Waals surface area contributed by atoms with Gasteiger partial charge < -0.3 is 25.2 Å². The van der Waals surface area contributed by atoms with Crippen LogP contribution in [0.1, 0.15) is 31.2 Å². The van der Waals surface area contributed by atoms with Crippen LogP contribution >= 0.6 is 0 Å². The molecule has 3 aliphatic rings. The van der Waals surface area contributed by atoms with E-state index in [0.29, 0.717) is 24.8 Å². The highest BCUT2D eigenvalue weighted by molar-refractivity contribution is 5.76. The Morgan fingerprint density at radius 1 is 1.05 bits per heavy atom. The number of halogens is 6. The first kappa shape index (κ1) is 31.3. The number of rotatable bonds is 6. The van der Waals surface area contributed by atoms with Gasteiger partial charge in [-0.3, -0.25) is 9.78 Å². The van der Waals surface area contributed by atoms with Gasteiger partial charge in [0.15, 0.2) is 0 Å². The van der Waals surface area contributed by atoms with Crippen molar-refractivity contribution in [3.8, 4) is 0 Å². The largest absolute Gasteiger partial charge is 0.490 e. The second-order valence-corrected chi connectivity index (χ2v) is 9.24. The monoisotopic (exact) mass is 557 g/mol. The number of carbonyl (C=O) groups excluding carboxylic acids is 1. The Kier molecular flexibility index (Phi) is 11.3. The maximum atomic E-state index is 12.2. The van der Waals surface area contributed by atoms with Gasteiger partial charge in [0.25, 0.3) is 0 Å². The number of piperidine rings is 1. The van der Waals surface area contributed by atoms with E-state index >= 15 is 0 Å². The molecule has 0 spiro atoms. The molecular formula is C23H29F6N3O6. The van der Waals surface area contributed by atoms with Crippen molar-refractivity contribution in [3.63, 3.8) is 0 Å². The van der Waals surface area contributed by atoms with Crippen molar-refractivity contribution in [2.24, 2.45) is 17.8 Å². The summed E-state index contributed by atoms with van der Waals surface area (Å²) in [6, 6.07) is 3.87. The van der Waals surface area contributed by atoms with E-state index in [2.05, 4.69) is 15.2 Å². The van der Waals surface area contributed by atoms with Gasteiger partial charge in [0.1, 0.15) is 0 Å². The molecule has 0 radical (unpaired) electrons. The summed E-state index contributed by atoms with van der Waals surface area (Å²) in [5.41, 5.74) is 1.03. The maximum absolute atomic E-state index is 12.2. The zero-order valence-electron chi connectivity index (χ0n) is 20.2. The molecule has 0 unspecified atom stereocenters. The summed E-state index contributed by atoms with van der Waals surface area (Å²) in [7, 11) is 0. The third-order valence-electron chi connectivity index (χ3n) is 6.18. The van der Waals surface area contributed by atoms with Crippen LogP contribution < -0.4 is 5.32 Å². The molecule has 214 valence electrons. The molecule has 1 saturated carbocycles. The van der Waals surface area contributed by atoms with Gasteiger partial charge in [-0.05, 0) is 49.3 Å². The Morgan fingerprint density at radius 2 is 1.66 bits per heavy atom. The predicted molar refractivity (Wildman–Crippen MR) is 119 cm³/mol. The molecule has 3 N–H and O–H groups in total. The number of nitrogens with one attached hydrogen (secondary N) is 1. The summed E-state index contributed by atoms with van der Waals surface area (Å²) in [4.78, 5) is 36.7. The van der Waals surface area contributed by atoms with Gasteiger partial charge in [0, 0.05) is 37.9 Å². The molecule has 1 aromatic heterocycles. The topological polar surface area (TPSA) is 129 Å². The van der Waals surface area contributed by atoms with Gasteiger partial charge in [0.05, 0.1) is 19.1 Å². The lowest BCUT2D eigenvalue weighted by atomic mass is 9.83. The number of carbonyl (C=O) groups is 3. The van der Waals surface area contributed by atoms with Crippen molar-refractivity contribution in [1.82, 2.24) is 15.2 Å². The highest BCUT2D eigenvalue weighted by Crippen LogP contribution is 2.38. The number of carboxylic acid groups (broad SMARTS) is 2. The first-order valence-electron chi connectivity index (χ1n) is 11.8. The molecule has 1 aromatic rings. The van der Waals surface area contributed by atoms with E-state index in [4.69, 9.17) is 24.5 Å². The predicted octanol–water partition coefficient (Wildman–Crippen LogP) is 3.10. The molecule has 4 rings (SSSR count). The molecule has 15 heteroatoms. The van der Waals surface area contributed by atoms with Gasteiger partial charge in [-0.1, -0.05) is 6.07 Å². The van der Waals surface area contributed by atoms with E-state index in [0.717, 1.165) is 24.6 Å². The molecule has 3 atom stereocenters. The minimum absolute atomic E-state index is 0.0879. The smallest absolute Gasteiger partial charge is 0.475 e. The van der Waals surface area contributed by atoms with Crippen LogP contribution in [0.4, 0.5) is 26.3 Å². The van der Waals surface area contributed by atoms with Crippen LogP contribution in [0, 0.1) is 17.8 Å². The highest BCUT2D eigenvalue weighted by atomic mass is 19.4. The van der Waals surface area contributed by atoms with Crippen LogP contribution in [-0.2, 0) is 25.7 Å². The number of alkyl halides is 6. The van der Waals surface area contributed by atoms with Crippen LogP contribution in [0.3, 0.4) is 0 Å². The van der Waals surface area contributed by atoms with E-state index in [1.54, 1.807) is 12.4 Å². The minimum Gasteiger partial charge on any atom is -0.475 e. The molecule has 1 aliphatic carbocycles. The third-order valence-corrected chi connectivity index (χ3v) is 6.18. The molecule has 2 aliphatic heterocycles. The lowest BCUT2D eigenvalue weighted by Gasteiger charge is -2.35. The number of nitrogens with zero attached hydrogens (tertiary/aromatic N) is 2. The first-order valence-corrected chi connectivity index (χ1v) is 11.8. The number of aromatic nitrogens is 1. The van der Waals surface area contributed by atoms with Crippen molar-refractivity contribution in [1.29, 1.82) is 0 Å². The van der Waals surface area contributed by atoms with Gasteiger partial charge >= 0.3 is 24.3 Å². The fourth-order valence-electron chi connectivity index (χ4n) is 4.16. The summed E-state index contributed by atoms with van der Waals surface area (Å²) in [6.45, 7) is 4.98. The lowest BCUT2D eigenvalue weighted by Crippen LogP contribution is -2.43. The number of amides is 1. The Bertz CT molecular complexity index is 902. The van der Waals surface area contributed by atoms with Crippen molar-refractivity contribution in [2.75, 3.05) is 26.2 Å². The fraction of sp³-hybridized carbons (Fsp3) is 0.652. The molecule has 3 fully saturated rings. The Morgan fingerprint density at radius 3 is 2.16 bits per heavy atom. The Balaban J connectivity index is 0.000000301. The number of aliphatic carboxylic acids is 2. The fourth-order valence-corrected chi connectivity index (χ4v) is 4.16. The molecule has 0 bridgehead atoms. The standard InChI is InChI=1S/C19H27N3O2.2C2HF3O2/c23-19(21-10-15-2-1-6-20-9-15)8-18-17-5-7-22(11-14-3-4-14)12-16(17)13-24-18;2*3-2(4,5)1(6)7/h1-2,6,9,14,16-18H,3-5,7-8,10-13H2,(H,21,23);2*(H,6,7)/t16-,17-,18-;;/m1../s1. The molecule has 9 nitrogen and oxygen atoms in total. The van der Waals surface area contributed by atoms with E-state index in [9.17, 15) is 31.1 Å². The second kappa shape index (κ2) is 13.7. The summed E-state index contributed by atoms with van der Waals surface area (Å²) in [5.74, 6) is -3.29. The molecule has 1 amide bonds. The van der Waals surface area contributed by atoms with E-state index in [-0.39, 0.29) is 12.0 Å². The van der Waals surface area contributed by atoms with Crippen LogP contribution in [0.2, 0.25) is 0 Å². The van der Waals surface area contributed by atoms with E-state index < -0.39 is 24.3 Å². The maximum Gasteiger partial charge on any atom is 0.490 e. The third kappa shape index (κ3) is 11.2. The summed E-state index contributed by atoms with van der Waals surface area (Å²) in [5, 5.41) is 17.2. The zero-order valence-corrected chi connectivity index (χ0v) is 20.2. The van der Waals surface area contributed by atoms with Gasteiger partial charge in [-0.2, -0.15) is 26.3 Å². The van der Waals surface area contributed by atoms with Gasteiger partial charge in [-0.15, -0.1) is 0 Å². The Hall–Kier alpha value is -2.94. The van der Waals surface area contributed by atoms with Crippen molar-refractivity contribution < 1.29 is 55.7 Å². The van der Waals surface area contributed by atoms with Gasteiger partial charge in [-0.25, -0.2) is 9.59 Å². The Labute approximate surface area is 214 Å². The van der Waals surface area contributed by atoms with Crippen LogP contribution in [0.15, 0.2) is 24.5 Å². The quantitative estimate of drug-likeness (QED) is 0.456. The minimum atomic E-state index is -5.08. The van der Waals surface area contributed by atoms with E-state index in [1.165, 1.54) is 32.4 Å². The second-order valence-electron chi connectivity index (χ2n) is 9.24. The summed E-state index contributed by atoms with van der Waals surface area (Å²) >= 11 is 0. The van der Waals surface area contributed by atoms with Crippen molar-refractivity contribution >= 4 is 17.8 Å². The normalized spacial score (nSPS) is 23.2. The number of ether oxygens (including phenoxy) is 1. The van der Waals surface area contributed by atoms with Crippen LogP contribution in [-0.4, -0.2) is 82.6 Å². The molecule has 38 heavy (non-hydrogen) atoms. The number of pyridine rings is 1. The molecule has 0 aromatic carbocycles. The lowest BCUT2D eigenvalue weighted by molar-refractivity contribution is -0.193. The average molecular weight is 557 g/mol. The summed E-state index contributed by atoms with van der Waals surface area (Å²) in [6.07, 6.45) is -2.03. The number of fused-ring (bicyclic) bond motifs is 1. The molecule has 2 saturated heterocycles. The average Bonchev–Trinajstić information content (AvgIpc) is 3.56. The molecular weight excluding hydrogens is 528 g/mol. The number of hydrogen-bond acceptors (Lipinski definition) is 6. The molecule has 3 heterocycles. The number of hydrogen-bond donors (Lipinski definition) is 3. The van der Waals surface area contributed by atoms with E-state index in [1.807, 2.05) is 12.1 Å². The van der Waals surface area contributed by atoms with Crippen molar-refractivity contribution in [3.05, 3.63) is 30.1 Å². The zero-order chi connectivity index (χ0) is 28.5. The van der Waals surface area contributed by atoms with Crippen LogP contribution in [0.5, 0.6) is 0 Å². The SMILES string of the molecule is O=C(C[C@H]1OC[C@H]2CN(CC3CC3)CC[C@H]21)NCc1cccnc1.O=C(O)C(F)(F)F.O=C(O)C(F)(F)F. The number of carboxylic acids is 2. The van der Waals surface area contributed by atoms with Crippen molar-refractivity contribution in [2.45, 2.75) is 50.7 Å². The summed E-state index contributed by atoms with van der Waals surface area (Å²) < 4.78 is 69.5. The van der Waals surface area contributed by atoms with Gasteiger partial charge in [0.2, 0.25) is 5.91 Å².